The van der Waals surface area contributed by atoms with E-state index >= 15 is 0 Å². The first-order valence-corrected chi connectivity index (χ1v) is 10.5. The zero-order chi connectivity index (χ0) is 23.8. The van der Waals surface area contributed by atoms with Gasteiger partial charge < -0.3 is 19.5 Å². The lowest BCUT2D eigenvalue weighted by Crippen LogP contribution is -2.47. The number of hydrogen-bond donors (Lipinski definition) is 1. The summed E-state index contributed by atoms with van der Waals surface area (Å²) in [4.78, 5) is 27.6. The summed E-state index contributed by atoms with van der Waals surface area (Å²) >= 11 is 0. The van der Waals surface area contributed by atoms with Gasteiger partial charge in [-0.25, -0.2) is 14.5 Å². The van der Waals surface area contributed by atoms with Crippen LogP contribution in [0.1, 0.15) is 27.0 Å². The van der Waals surface area contributed by atoms with Crippen molar-refractivity contribution in [1.82, 2.24) is 20.1 Å². The summed E-state index contributed by atoms with van der Waals surface area (Å²) in [5.41, 5.74) is 1.30. The molecule has 0 radical (unpaired) electrons. The smallest absolute Gasteiger partial charge is 0.407 e. The molecule has 2 atom stereocenters. The van der Waals surface area contributed by atoms with Gasteiger partial charge in [-0.1, -0.05) is 56.3 Å². The average molecular weight is 453 g/mol. The third-order valence-electron chi connectivity index (χ3n) is 5.03. The highest BCUT2D eigenvalue weighted by Gasteiger charge is 2.43. The van der Waals surface area contributed by atoms with Crippen LogP contribution in [-0.2, 0) is 14.3 Å². The Hall–Kier alpha value is -3.88. The number of carbonyl (C=O) groups excluding carboxylic acids is 2. The standard InChI is InChI=1S/C24H28N4O5/c1-17(29)31-14-24(2,3)21(33-23(30)25-4)22(28-16-26-15-27-28)32-20-12-10-19(11-13-20)18-8-6-5-7-9-18/h5-13,15-16,21-22H,14H2,1-4H3,(H,25,30). The van der Waals surface area contributed by atoms with Crippen molar-refractivity contribution in [3.63, 3.8) is 0 Å². The van der Waals surface area contributed by atoms with Crippen LogP contribution < -0.4 is 10.1 Å². The van der Waals surface area contributed by atoms with Gasteiger partial charge in [0, 0.05) is 19.4 Å². The Morgan fingerprint density at radius 2 is 1.73 bits per heavy atom. The molecule has 0 fully saturated rings. The van der Waals surface area contributed by atoms with Gasteiger partial charge >= 0.3 is 12.1 Å². The summed E-state index contributed by atoms with van der Waals surface area (Å²) < 4.78 is 18.7. The minimum atomic E-state index is -0.882. The first-order valence-electron chi connectivity index (χ1n) is 10.5. The van der Waals surface area contributed by atoms with Gasteiger partial charge in [0.25, 0.3) is 0 Å². The molecule has 0 saturated heterocycles. The molecule has 1 N–H and O–H groups in total. The number of nitrogens with one attached hydrogen (secondary N) is 1. The van der Waals surface area contributed by atoms with Gasteiger partial charge in [0.05, 0.1) is 0 Å². The molecule has 0 bridgehead atoms. The van der Waals surface area contributed by atoms with Crippen LogP contribution in [-0.4, -0.2) is 46.6 Å². The van der Waals surface area contributed by atoms with E-state index in [-0.39, 0.29) is 6.61 Å². The quantitative estimate of drug-likeness (QED) is 0.492. The maximum atomic E-state index is 12.2. The summed E-state index contributed by atoms with van der Waals surface area (Å²) in [5, 5.41) is 6.65. The van der Waals surface area contributed by atoms with E-state index < -0.39 is 29.8 Å². The summed E-state index contributed by atoms with van der Waals surface area (Å²) in [7, 11) is 1.46. The highest BCUT2D eigenvalue weighted by molar-refractivity contribution is 5.67. The van der Waals surface area contributed by atoms with Crippen molar-refractivity contribution in [3.05, 3.63) is 67.3 Å². The van der Waals surface area contributed by atoms with E-state index in [1.807, 2.05) is 68.4 Å². The third-order valence-corrected chi connectivity index (χ3v) is 5.03. The van der Waals surface area contributed by atoms with Crippen LogP contribution in [0.5, 0.6) is 5.75 Å². The van der Waals surface area contributed by atoms with Crippen LogP contribution >= 0.6 is 0 Å². The molecule has 0 spiro atoms. The van der Waals surface area contributed by atoms with E-state index in [1.54, 1.807) is 0 Å². The van der Waals surface area contributed by atoms with Gasteiger partial charge in [0.15, 0.2) is 6.10 Å². The topological polar surface area (TPSA) is 105 Å². The molecule has 3 rings (SSSR count). The van der Waals surface area contributed by atoms with Crippen LogP contribution in [0.3, 0.4) is 0 Å². The fourth-order valence-corrected chi connectivity index (χ4v) is 3.25. The van der Waals surface area contributed by atoms with E-state index in [9.17, 15) is 9.59 Å². The van der Waals surface area contributed by atoms with Gasteiger partial charge in [-0.05, 0) is 23.3 Å². The fraction of sp³-hybridized carbons (Fsp3) is 0.333. The first-order chi connectivity index (χ1) is 15.8. The molecule has 1 heterocycles. The molecule has 1 amide bonds. The maximum absolute atomic E-state index is 12.2. The Kier molecular flexibility index (Phi) is 7.66. The number of hydrogen-bond acceptors (Lipinski definition) is 7. The average Bonchev–Trinajstić information content (AvgIpc) is 3.35. The molecule has 0 aliphatic rings. The van der Waals surface area contributed by atoms with Crippen molar-refractivity contribution in [2.45, 2.75) is 33.1 Å². The largest absolute Gasteiger partial charge is 0.465 e. The number of aromatic nitrogens is 3. The summed E-state index contributed by atoms with van der Waals surface area (Å²) in [6.07, 6.45) is 0.435. The lowest BCUT2D eigenvalue weighted by molar-refractivity contribution is -0.151. The zero-order valence-electron chi connectivity index (χ0n) is 19.1. The Morgan fingerprint density at radius 1 is 1.06 bits per heavy atom. The molecule has 174 valence electrons. The van der Waals surface area contributed by atoms with E-state index in [2.05, 4.69) is 15.4 Å². The number of esters is 1. The molecule has 33 heavy (non-hydrogen) atoms. The SMILES string of the molecule is CNC(=O)OC(C(Oc1ccc(-c2ccccc2)cc1)n1cncn1)C(C)(C)COC(C)=O. The van der Waals surface area contributed by atoms with Crippen LogP contribution in [0.15, 0.2) is 67.3 Å². The Morgan fingerprint density at radius 3 is 2.30 bits per heavy atom. The maximum Gasteiger partial charge on any atom is 0.407 e. The van der Waals surface area contributed by atoms with Gasteiger partial charge in [-0.15, -0.1) is 0 Å². The van der Waals surface area contributed by atoms with Gasteiger partial charge in [0.2, 0.25) is 6.23 Å². The van der Waals surface area contributed by atoms with Crippen molar-refractivity contribution in [2.75, 3.05) is 13.7 Å². The van der Waals surface area contributed by atoms with Gasteiger partial charge in [-0.2, -0.15) is 5.10 Å². The molecule has 1 aromatic heterocycles. The van der Waals surface area contributed by atoms with Crippen molar-refractivity contribution in [1.29, 1.82) is 0 Å². The molecule has 9 heteroatoms. The number of amides is 1. The number of benzene rings is 2. The minimum Gasteiger partial charge on any atom is -0.465 e. The summed E-state index contributed by atoms with van der Waals surface area (Å²) in [5.74, 6) is 0.112. The number of alkyl carbamates (subject to hydrolysis) is 1. The highest BCUT2D eigenvalue weighted by atomic mass is 16.6. The predicted octanol–water partition coefficient (Wildman–Crippen LogP) is 3.84. The molecule has 3 aromatic rings. The van der Waals surface area contributed by atoms with Gasteiger partial charge in [0.1, 0.15) is 25.0 Å². The number of carbonyl (C=O) groups is 2. The Balaban J connectivity index is 1.92. The summed E-state index contributed by atoms with van der Waals surface area (Å²) in [6.45, 7) is 4.96. The van der Waals surface area contributed by atoms with Crippen LogP contribution in [0, 0.1) is 5.41 Å². The van der Waals surface area contributed by atoms with E-state index in [0.717, 1.165) is 11.1 Å². The Bertz CT molecular complexity index is 1040. The van der Waals surface area contributed by atoms with Crippen LogP contribution in [0.4, 0.5) is 4.79 Å². The van der Waals surface area contributed by atoms with Gasteiger partial charge in [-0.3, -0.25) is 4.79 Å². The molecule has 9 nitrogen and oxygen atoms in total. The molecule has 2 aromatic carbocycles. The number of rotatable bonds is 9. The van der Waals surface area contributed by atoms with E-state index in [4.69, 9.17) is 14.2 Å². The monoisotopic (exact) mass is 452 g/mol. The van der Waals surface area contributed by atoms with E-state index in [1.165, 1.54) is 31.3 Å². The molecular formula is C24H28N4O5. The van der Waals surface area contributed by atoms with Crippen molar-refractivity contribution >= 4 is 12.1 Å². The second kappa shape index (κ2) is 10.6. The van der Waals surface area contributed by atoms with Crippen LogP contribution in [0.2, 0.25) is 0 Å². The van der Waals surface area contributed by atoms with Crippen LogP contribution in [0.25, 0.3) is 11.1 Å². The van der Waals surface area contributed by atoms with E-state index in [0.29, 0.717) is 5.75 Å². The highest BCUT2D eigenvalue weighted by Crippen LogP contribution is 2.34. The molecule has 2 unspecified atom stereocenters. The van der Waals surface area contributed by atoms with Crippen molar-refractivity contribution < 1.29 is 23.8 Å². The lowest BCUT2D eigenvalue weighted by atomic mass is 9.86. The predicted molar refractivity (Wildman–Crippen MR) is 121 cm³/mol. The zero-order valence-corrected chi connectivity index (χ0v) is 19.1. The third kappa shape index (κ3) is 6.31. The lowest BCUT2D eigenvalue weighted by Gasteiger charge is -2.37. The summed E-state index contributed by atoms with van der Waals surface area (Å²) in [6, 6.07) is 17.5. The van der Waals surface area contributed by atoms with Crippen molar-refractivity contribution in [2.24, 2.45) is 5.41 Å². The van der Waals surface area contributed by atoms with Crippen molar-refractivity contribution in [3.8, 4) is 16.9 Å². The normalized spacial score (nSPS) is 13.0. The molecular weight excluding hydrogens is 424 g/mol. The molecule has 0 saturated carbocycles. The molecule has 0 aliphatic carbocycles. The second-order valence-electron chi connectivity index (χ2n) is 8.12. The minimum absolute atomic E-state index is 0.00545. The Labute approximate surface area is 192 Å². The number of nitrogens with zero attached hydrogens (tertiary/aromatic N) is 3. The fourth-order valence-electron chi connectivity index (χ4n) is 3.25. The second-order valence-corrected chi connectivity index (χ2v) is 8.12. The first kappa shape index (κ1) is 23.8. The number of ether oxygens (including phenoxy) is 3. The molecule has 0 aliphatic heterocycles.